The third-order valence-electron chi connectivity index (χ3n) is 3.14. The van der Waals surface area contributed by atoms with Crippen molar-refractivity contribution in [2.24, 2.45) is 16.7 Å². The maximum absolute atomic E-state index is 2.32. The summed E-state index contributed by atoms with van der Waals surface area (Å²) in [7, 11) is 0. The summed E-state index contributed by atoms with van der Waals surface area (Å²) in [5.74, 6) is 0.591. The molecule has 0 aliphatic rings. The van der Waals surface area contributed by atoms with E-state index in [-0.39, 0.29) is 10.8 Å². The molecule has 0 atom stereocenters. The Morgan fingerprint density at radius 1 is 0.833 bits per heavy atom. The Hall–Kier alpha value is -0.780. The van der Waals surface area contributed by atoms with Gasteiger partial charge in [0.25, 0.3) is 0 Å². The summed E-state index contributed by atoms with van der Waals surface area (Å²) < 4.78 is 0. The second-order valence-electron chi connectivity index (χ2n) is 7.40. The van der Waals surface area contributed by atoms with Gasteiger partial charge in [-0.3, -0.25) is 0 Å². The first-order valence-electron chi connectivity index (χ1n) is 7.05. The Morgan fingerprint density at radius 3 is 1.61 bits per heavy atom. The van der Waals surface area contributed by atoms with Gasteiger partial charge < -0.3 is 0 Å². The first-order chi connectivity index (χ1) is 8.00. The zero-order chi connectivity index (χ0) is 14.6. The summed E-state index contributed by atoms with van der Waals surface area (Å²) in [5.41, 5.74) is 3.33. The van der Waals surface area contributed by atoms with E-state index >= 15 is 0 Å². The van der Waals surface area contributed by atoms with Gasteiger partial charge in [-0.15, -0.1) is 0 Å². The van der Waals surface area contributed by atoms with Crippen LogP contribution >= 0.6 is 0 Å². The van der Waals surface area contributed by atoms with Gasteiger partial charge in [0, 0.05) is 0 Å². The molecule has 0 aromatic carbocycles. The van der Waals surface area contributed by atoms with Crippen LogP contribution in [0, 0.1) is 16.7 Å². The molecule has 18 heavy (non-hydrogen) atoms. The Labute approximate surface area is 115 Å². The minimum Gasteiger partial charge on any atom is -0.0874 e. The minimum atomic E-state index is 0.197. The van der Waals surface area contributed by atoms with Gasteiger partial charge >= 0.3 is 0 Å². The topological polar surface area (TPSA) is 0 Å². The largest absolute Gasteiger partial charge is 0.0874 e. The van der Waals surface area contributed by atoms with Crippen LogP contribution in [0.5, 0.6) is 0 Å². The summed E-state index contributed by atoms with van der Waals surface area (Å²) in [4.78, 5) is 0. The first-order valence-corrected chi connectivity index (χ1v) is 7.05. The molecule has 0 aliphatic carbocycles. The lowest BCUT2D eigenvalue weighted by molar-refractivity contribution is 0.448. The summed E-state index contributed by atoms with van der Waals surface area (Å²) in [5, 5.41) is 0. The Balaban J connectivity index is 5.49. The van der Waals surface area contributed by atoms with Gasteiger partial charge in [-0.1, -0.05) is 85.3 Å². The predicted octanol–water partition coefficient (Wildman–Crippen LogP) is 6.16. The number of allylic oxidation sites excluding steroid dienone is 6. The molecule has 0 aliphatic heterocycles. The molecule has 0 spiro atoms. The molecule has 0 saturated carbocycles. The third-order valence-corrected chi connectivity index (χ3v) is 3.14. The molecule has 0 aromatic heterocycles. The lowest BCUT2D eigenvalue weighted by Crippen LogP contribution is -2.14. The number of hydrogen-bond donors (Lipinski definition) is 0. The predicted molar refractivity (Wildman–Crippen MR) is 84.7 cm³/mol. The van der Waals surface area contributed by atoms with Crippen molar-refractivity contribution >= 4 is 0 Å². The van der Waals surface area contributed by atoms with E-state index in [0.29, 0.717) is 5.92 Å². The van der Waals surface area contributed by atoms with Crippen molar-refractivity contribution in [3.8, 4) is 0 Å². The van der Waals surface area contributed by atoms with E-state index in [1.807, 2.05) is 0 Å². The molecule has 0 saturated heterocycles. The molecule has 0 unspecified atom stereocenters. The highest BCUT2D eigenvalue weighted by Crippen LogP contribution is 2.32. The van der Waals surface area contributed by atoms with Crippen molar-refractivity contribution in [1.82, 2.24) is 0 Å². The van der Waals surface area contributed by atoms with Crippen molar-refractivity contribution in [1.29, 1.82) is 0 Å². The van der Waals surface area contributed by atoms with E-state index in [0.717, 1.165) is 0 Å². The van der Waals surface area contributed by atoms with Crippen LogP contribution in [-0.2, 0) is 0 Å². The van der Waals surface area contributed by atoms with Gasteiger partial charge in [0.15, 0.2) is 0 Å². The van der Waals surface area contributed by atoms with Gasteiger partial charge in [-0.05, 0) is 29.2 Å². The van der Waals surface area contributed by atoms with E-state index in [1.165, 1.54) is 11.1 Å². The molecule has 0 bridgehead atoms. The van der Waals surface area contributed by atoms with Crippen molar-refractivity contribution in [2.75, 3.05) is 0 Å². The van der Waals surface area contributed by atoms with E-state index in [4.69, 9.17) is 0 Å². The molecular formula is C18H32. The maximum atomic E-state index is 2.32. The van der Waals surface area contributed by atoms with Gasteiger partial charge in [-0.2, -0.15) is 0 Å². The molecule has 0 rings (SSSR count). The fraction of sp³-hybridized carbons (Fsp3) is 0.667. The highest BCUT2D eigenvalue weighted by atomic mass is 14.2. The zero-order valence-corrected chi connectivity index (χ0v) is 13.9. The molecule has 0 heteroatoms. The summed E-state index contributed by atoms with van der Waals surface area (Å²) in [6, 6.07) is 0. The van der Waals surface area contributed by atoms with Crippen LogP contribution in [0.1, 0.15) is 62.3 Å². The monoisotopic (exact) mass is 248 g/mol. The molecule has 0 aromatic rings. The van der Waals surface area contributed by atoms with Crippen molar-refractivity contribution in [3.05, 3.63) is 35.5 Å². The Morgan fingerprint density at radius 2 is 1.33 bits per heavy atom. The first kappa shape index (κ1) is 17.2. The molecule has 0 N–H and O–H groups in total. The van der Waals surface area contributed by atoms with Crippen LogP contribution in [0.3, 0.4) is 0 Å². The molecule has 0 nitrogen and oxygen atoms in total. The lowest BCUT2D eigenvalue weighted by atomic mass is 9.79. The third kappa shape index (κ3) is 5.71. The number of rotatable bonds is 3. The van der Waals surface area contributed by atoms with Crippen LogP contribution in [0.2, 0.25) is 0 Å². The zero-order valence-electron chi connectivity index (χ0n) is 13.9. The van der Waals surface area contributed by atoms with E-state index in [2.05, 4.69) is 86.6 Å². The van der Waals surface area contributed by atoms with Crippen LogP contribution in [0.4, 0.5) is 0 Å². The SMILES string of the molecule is C\C=C/C(=C\C=C(/C(C)C)C(C)(C)C)C(C)(C)C. The summed E-state index contributed by atoms with van der Waals surface area (Å²) in [6.07, 6.45) is 8.96. The van der Waals surface area contributed by atoms with E-state index < -0.39 is 0 Å². The fourth-order valence-electron chi connectivity index (χ4n) is 2.22. The van der Waals surface area contributed by atoms with Crippen LogP contribution in [-0.4, -0.2) is 0 Å². The average Bonchev–Trinajstić information content (AvgIpc) is 2.12. The molecule has 0 heterocycles. The van der Waals surface area contributed by atoms with Crippen molar-refractivity contribution in [3.63, 3.8) is 0 Å². The lowest BCUT2D eigenvalue weighted by Gasteiger charge is -2.27. The van der Waals surface area contributed by atoms with E-state index in [9.17, 15) is 0 Å². The molecule has 0 amide bonds. The van der Waals surface area contributed by atoms with Crippen LogP contribution in [0.15, 0.2) is 35.5 Å². The Kier molecular flexibility index (Phi) is 6.13. The van der Waals surface area contributed by atoms with Crippen LogP contribution < -0.4 is 0 Å². The van der Waals surface area contributed by atoms with E-state index in [1.54, 1.807) is 0 Å². The van der Waals surface area contributed by atoms with Gasteiger partial charge in [0.1, 0.15) is 0 Å². The normalized spacial score (nSPS) is 15.9. The highest BCUT2D eigenvalue weighted by Gasteiger charge is 2.20. The molecule has 0 radical (unpaired) electrons. The summed E-state index contributed by atoms with van der Waals surface area (Å²) in [6.45, 7) is 20.3. The smallest absolute Gasteiger partial charge is 0.0132 e. The maximum Gasteiger partial charge on any atom is -0.0132 e. The summed E-state index contributed by atoms with van der Waals surface area (Å²) >= 11 is 0. The average molecular weight is 248 g/mol. The fourth-order valence-corrected chi connectivity index (χ4v) is 2.22. The Bertz CT molecular complexity index is 335. The van der Waals surface area contributed by atoms with Gasteiger partial charge in [0.2, 0.25) is 0 Å². The van der Waals surface area contributed by atoms with Gasteiger partial charge in [-0.25, -0.2) is 0 Å². The molecular weight excluding hydrogens is 216 g/mol. The highest BCUT2D eigenvalue weighted by molar-refractivity contribution is 5.31. The quantitative estimate of drug-likeness (QED) is 0.524. The van der Waals surface area contributed by atoms with Crippen LogP contribution in [0.25, 0.3) is 0 Å². The van der Waals surface area contributed by atoms with Crippen molar-refractivity contribution in [2.45, 2.75) is 62.3 Å². The van der Waals surface area contributed by atoms with Gasteiger partial charge in [0.05, 0.1) is 0 Å². The second-order valence-corrected chi connectivity index (χ2v) is 7.40. The number of hydrogen-bond acceptors (Lipinski definition) is 0. The molecule has 0 fully saturated rings. The second kappa shape index (κ2) is 6.41. The van der Waals surface area contributed by atoms with Crippen molar-refractivity contribution < 1.29 is 0 Å². The minimum absolute atomic E-state index is 0.197. The molecule has 104 valence electrons. The standard InChI is InChI=1S/C18H32/c1-10-11-15(17(4,5)6)12-13-16(14(2)3)18(7,8)9/h10-14H,1-9H3/b11-10-,15-12+,16-13+.